The van der Waals surface area contributed by atoms with E-state index in [1.807, 2.05) is 0 Å². The van der Waals surface area contributed by atoms with Crippen LogP contribution in [0.3, 0.4) is 0 Å². The molecule has 0 heterocycles. The molecule has 0 spiro atoms. The van der Waals surface area contributed by atoms with Crippen LogP contribution in [-0.4, -0.2) is 0 Å². The minimum atomic E-state index is 0.808. The van der Waals surface area contributed by atoms with Gasteiger partial charge < -0.3 is 0 Å². The van der Waals surface area contributed by atoms with Gasteiger partial charge in [0.25, 0.3) is 0 Å². The quantitative estimate of drug-likeness (QED) is 0.558. The van der Waals surface area contributed by atoms with E-state index in [4.69, 9.17) is 0 Å². The SMILES string of the molecule is CC(C)=CC(C)C1CC1C(C)C. The smallest absolute Gasteiger partial charge is 0.0228 e. The molecule has 0 aromatic rings. The second kappa shape index (κ2) is 3.64. The van der Waals surface area contributed by atoms with Crippen LogP contribution in [0.15, 0.2) is 11.6 Å². The molecule has 0 aromatic carbocycles. The van der Waals surface area contributed by atoms with Gasteiger partial charge in [-0.3, -0.25) is 0 Å². The lowest BCUT2D eigenvalue weighted by Crippen LogP contribution is -2.00. The molecule has 70 valence electrons. The molecule has 3 atom stereocenters. The van der Waals surface area contributed by atoms with Crippen LogP contribution in [0.25, 0.3) is 0 Å². The largest absolute Gasteiger partial charge is 0.0828 e. The third kappa shape index (κ3) is 2.36. The summed E-state index contributed by atoms with van der Waals surface area (Å²) in [5.74, 6) is 3.70. The van der Waals surface area contributed by atoms with Crippen LogP contribution in [0.5, 0.6) is 0 Å². The first-order valence-corrected chi connectivity index (χ1v) is 5.17. The van der Waals surface area contributed by atoms with Crippen molar-refractivity contribution in [2.75, 3.05) is 0 Å². The molecule has 0 saturated heterocycles. The van der Waals surface area contributed by atoms with E-state index >= 15 is 0 Å². The average Bonchev–Trinajstić information content (AvgIpc) is 2.61. The molecular weight excluding hydrogens is 144 g/mol. The fraction of sp³-hybridized carbons (Fsp3) is 0.833. The van der Waals surface area contributed by atoms with E-state index in [0.29, 0.717) is 0 Å². The lowest BCUT2D eigenvalue weighted by molar-refractivity contribution is 0.471. The van der Waals surface area contributed by atoms with Crippen molar-refractivity contribution in [3.8, 4) is 0 Å². The van der Waals surface area contributed by atoms with Crippen LogP contribution in [0.4, 0.5) is 0 Å². The minimum Gasteiger partial charge on any atom is -0.0828 e. The van der Waals surface area contributed by atoms with Gasteiger partial charge >= 0.3 is 0 Å². The van der Waals surface area contributed by atoms with Gasteiger partial charge in [0, 0.05) is 0 Å². The Hall–Kier alpha value is -0.260. The molecule has 0 N–H and O–H groups in total. The first-order valence-electron chi connectivity index (χ1n) is 5.17. The molecule has 12 heavy (non-hydrogen) atoms. The first kappa shape index (κ1) is 9.83. The summed E-state index contributed by atoms with van der Waals surface area (Å²) in [5, 5.41) is 0. The van der Waals surface area contributed by atoms with E-state index < -0.39 is 0 Å². The standard InChI is InChI=1S/C12H22/c1-8(2)6-10(5)12-7-11(12)9(3)4/h6,9-12H,7H2,1-5H3. The van der Waals surface area contributed by atoms with Gasteiger partial charge in [-0.15, -0.1) is 0 Å². The average molecular weight is 166 g/mol. The zero-order valence-electron chi connectivity index (χ0n) is 9.09. The highest BCUT2D eigenvalue weighted by Crippen LogP contribution is 2.49. The van der Waals surface area contributed by atoms with Gasteiger partial charge in [0.15, 0.2) is 0 Å². The number of rotatable bonds is 3. The second-order valence-corrected chi connectivity index (χ2v) is 4.91. The van der Waals surface area contributed by atoms with Crippen molar-refractivity contribution in [2.45, 2.75) is 41.0 Å². The molecule has 0 nitrogen and oxygen atoms in total. The van der Waals surface area contributed by atoms with Crippen molar-refractivity contribution in [2.24, 2.45) is 23.7 Å². The first-order chi connectivity index (χ1) is 5.52. The normalized spacial score (nSPS) is 30.2. The zero-order valence-corrected chi connectivity index (χ0v) is 9.09. The summed E-state index contributed by atoms with van der Waals surface area (Å²) in [4.78, 5) is 0. The monoisotopic (exact) mass is 166 g/mol. The topological polar surface area (TPSA) is 0 Å². The van der Waals surface area contributed by atoms with Gasteiger partial charge in [-0.2, -0.15) is 0 Å². The van der Waals surface area contributed by atoms with Crippen LogP contribution in [0.2, 0.25) is 0 Å². The lowest BCUT2D eigenvalue weighted by Gasteiger charge is -2.08. The van der Waals surface area contributed by atoms with Crippen molar-refractivity contribution in [3.05, 3.63) is 11.6 Å². The van der Waals surface area contributed by atoms with Crippen LogP contribution >= 0.6 is 0 Å². The summed E-state index contributed by atoms with van der Waals surface area (Å²) in [6.07, 6.45) is 3.88. The molecule has 0 aromatic heterocycles. The molecule has 0 bridgehead atoms. The Bertz CT molecular complexity index is 172. The molecule has 1 saturated carbocycles. The molecule has 1 aliphatic rings. The highest BCUT2D eigenvalue weighted by atomic mass is 14.5. The Morgan fingerprint density at radius 2 is 1.75 bits per heavy atom. The Labute approximate surface area is 77.1 Å². The van der Waals surface area contributed by atoms with E-state index in [1.54, 1.807) is 0 Å². The van der Waals surface area contributed by atoms with E-state index in [1.165, 1.54) is 12.0 Å². The van der Waals surface area contributed by atoms with E-state index in [9.17, 15) is 0 Å². The Kier molecular flexibility index (Phi) is 2.98. The summed E-state index contributed by atoms with van der Waals surface area (Å²) in [6.45, 7) is 11.5. The Morgan fingerprint density at radius 1 is 1.17 bits per heavy atom. The van der Waals surface area contributed by atoms with E-state index in [2.05, 4.69) is 40.7 Å². The fourth-order valence-corrected chi connectivity index (χ4v) is 2.26. The van der Waals surface area contributed by atoms with Crippen LogP contribution in [-0.2, 0) is 0 Å². The zero-order chi connectivity index (χ0) is 9.30. The summed E-state index contributed by atoms with van der Waals surface area (Å²) in [5.41, 5.74) is 1.47. The third-order valence-electron chi connectivity index (χ3n) is 3.02. The fourth-order valence-electron chi connectivity index (χ4n) is 2.26. The van der Waals surface area contributed by atoms with Crippen LogP contribution in [0, 0.1) is 23.7 Å². The molecule has 3 unspecified atom stereocenters. The van der Waals surface area contributed by atoms with Crippen LogP contribution < -0.4 is 0 Å². The Morgan fingerprint density at radius 3 is 2.08 bits per heavy atom. The summed E-state index contributed by atoms with van der Waals surface area (Å²) in [6, 6.07) is 0. The maximum absolute atomic E-state index is 2.42. The number of hydrogen-bond acceptors (Lipinski definition) is 0. The van der Waals surface area contributed by atoms with Gasteiger partial charge in [-0.25, -0.2) is 0 Å². The van der Waals surface area contributed by atoms with Crippen molar-refractivity contribution in [1.82, 2.24) is 0 Å². The van der Waals surface area contributed by atoms with E-state index in [0.717, 1.165) is 23.7 Å². The molecule has 1 fully saturated rings. The summed E-state index contributed by atoms with van der Waals surface area (Å²) in [7, 11) is 0. The van der Waals surface area contributed by atoms with Gasteiger partial charge in [-0.05, 0) is 43.9 Å². The summed E-state index contributed by atoms with van der Waals surface area (Å²) >= 11 is 0. The number of hydrogen-bond donors (Lipinski definition) is 0. The Balaban J connectivity index is 2.38. The molecular formula is C12H22. The van der Waals surface area contributed by atoms with Crippen LogP contribution in [0.1, 0.15) is 41.0 Å². The highest BCUT2D eigenvalue weighted by molar-refractivity contribution is 5.03. The van der Waals surface area contributed by atoms with Gasteiger partial charge in [0.05, 0.1) is 0 Å². The maximum atomic E-state index is 2.42. The molecule has 0 amide bonds. The third-order valence-corrected chi connectivity index (χ3v) is 3.02. The van der Waals surface area contributed by atoms with Crippen molar-refractivity contribution in [3.63, 3.8) is 0 Å². The van der Waals surface area contributed by atoms with Crippen molar-refractivity contribution in [1.29, 1.82) is 0 Å². The van der Waals surface area contributed by atoms with Gasteiger partial charge in [0.1, 0.15) is 0 Å². The molecule has 0 radical (unpaired) electrons. The van der Waals surface area contributed by atoms with Gasteiger partial charge in [-0.1, -0.05) is 32.4 Å². The molecule has 0 heteroatoms. The number of allylic oxidation sites excluding steroid dienone is 2. The minimum absolute atomic E-state index is 0.808. The molecule has 1 rings (SSSR count). The predicted octanol–water partition coefficient (Wildman–Crippen LogP) is 3.88. The van der Waals surface area contributed by atoms with E-state index in [-0.39, 0.29) is 0 Å². The van der Waals surface area contributed by atoms with Gasteiger partial charge in [0.2, 0.25) is 0 Å². The maximum Gasteiger partial charge on any atom is -0.0228 e. The van der Waals surface area contributed by atoms with Crippen molar-refractivity contribution < 1.29 is 0 Å². The highest BCUT2D eigenvalue weighted by Gasteiger charge is 2.41. The molecule has 1 aliphatic carbocycles. The lowest BCUT2D eigenvalue weighted by atomic mass is 9.98. The predicted molar refractivity (Wildman–Crippen MR) is 55.0 cm³/mol. The second-order valence-electron chi connectivity index (χ2n) is 4.91. The molecule has 0 aliphatic heterocycles. The van der Waals surface area contributed by atoms with Crippen molar-refractivity contribution >= 4 is 0 Å². The summed E-state index contributed by atoms with van der Waals surface area (Å²) < 4.78 is 0.